The number of hydrogen-bond donors (Lipinski definition) is 1. The van der Waals surface area contributed by atoms with Gasteiger partial charge in [0.2, 0.25) is 11.7 Å². The van der Waals surface area contributed by atoms with Crippen molar-refractivity contribution in [3.8, 4) is 17.2 Å². The molecule has 10 nitrogen and oxygen atoms in total. The van der Waals surface area contributed by atoms with Gasteiger partial charge in [0.05, 0.1) is 45.3 Å². The first-order chi connectivity index (χ1) is 14.9. The Hall–Kier alpha value is -4.08. The molecule has 0 atom stereocenters. The second kappa shape index (κ2) is 8.74. The van der Waals surface area contributed by atoms with Crippen LogP contribution < -0.4 is 24.4 Å². The molecule has 10 heteroatoms. The number of hydrogen-bond acceptors (Lipinski definition) is 8. The van der Waals surface area contributed by atoms with E-state index >= 15 is 0 Å². The number of ketones is 1. The number of ether oxygens (including phenoxy) is 4. The summed E-state index contributed by atoms with van der Waals surface area (Å²) in [6.07, 6.45) is 0. The minimum Gasteiger partial charge on any atom is -0.493 e. The Bertz CT molecular complexity index is 1060. The number of carbonyl (C=O) groups is 4. The van der Waals surface area contributed by atoms with Crippen LogP contribution in [0.25, 0.3) is 0 Å². The van der Waals surface area contributed by atoms with Crippen LogP contribution in [0.4, 0.5) is 11.4 Å². The lowest BCUT2D eigenvalue weighted by atomic mass is 10.1. The Balaban J connectivity index is 1.86. The molecule has 0 radical (unpaired) electrons. The summed E-state index contributed by atoms with van der Waals surface area (Å²) in [5.41, 5.74) is 0.907. The first-order valence-corrected chi connectivity index (χ1v) is 9.03. The van der Waals surface area contributed by atoms with Crippen molar-refractivity contribution < 1.29 is 38.1 Å². The molecule has 1 aliphatic heterocycles. The number of Topliss-reactive ketones (excluding diaryl/α,β-unsaturated/α-hetero) is 1. The lowest BCUT2D eigenvalue weighted by Gasteiger charge is -2.19. The van der Waals surface area contributed by atoms with E-state index in [1.807, 2.05) is 0 Å². The van der Waals surface area contributed by atoms with Crippen molar-refractivity contribution in [1.29, 1.82) is 0 Å². The highest BCUT2D eigenvalue weighted by Gasteiger charge is 2.42. The third kappa shape index (κ3) is 3.87. The zero-order chi connectivity index (χ0) is 22.7. The molecule has 3 rings (SSSR count). The second-order valence-electron chi connectivity index (χ2n) is 6.38. The van der Waals surface area contributed by atoms with Gasteiger partial charge in [-0.2, -0.15) is 0 Å². The van der Waals surface area contributed by atoms with Crippen molar-refractivity contribution in [3.05, 3.63) is 41.5 Å². The number of fused-ring (bicyclic) bond motifs is 1. The van der Waals surface area contributed by atoms with Crippen molar-refractivity contribution in [3.63, 3.8) is 0 Å². The predicted octanol–water partition coefficient (Wildman–Crippen LogP) is 1.67. The highest BCUT2D eigenvalue weighted by atomic mass is 16.5. The number of anilines is 2. The quantitative estimate of drug-likeness (QED) is 0.522. The molecular weight excluding hydrogens is 408 g/mol. The maximum atomic E-state index is 12.6. The summed E-state index contributed by atoms with van der Waals surface area (Å²) in [5.74, 6) is -2.28. The van der Waals surface area contributed by atoms with Gasteiger partial charge in [-0.1, -0.05) is 0 Å². The zero-order valence-electron chi connectivity index (χ0n) is 17.3. The molecule has 0 spiro atoms. The van der Waals surface area contributed by atoms with Crippen LogP contribution in [0.5, 0.6) is 17.2 Å². The molecule has 2 amide bonds. The van der Waals surface area contributed by atoms with Gasteiger partial charge in [0.1, 0.15) is 6.54 Å². The molecule has 31 heavy (non-hydrogen) atoms. The van der Waals surface area contributed by atoms with E-state index < -0.39 is 30.1 Å². The van der Waals surface area contributed by atoms with E-state index in [9.17, 15) is 19.2 Å². The predicted molar refractivity (Wildman–Crippen MR) is 109 cm³/mol. The molecule has 2 aromatic rings. The smallest absolute Gasteiger partial charge is 0.337 e. The van der Waals surface area contributed by atoms with Crippen molar-refractivity contribution in [2.24, 2.45) is 0 Å². The van der Waals surface area contributed by atoms with Crippen molar-refractivity contribution in [2.45, 2.75) is 0 Å². The summed E-state index contributed by atoms with van der Waals surface area (Å²) >= 11 is 0. The second-order valence-corrected chi connectivity index (χ2v) is 6.38. The highest BCUT2D eigenvalue weighted by Crippen LogP contribution is 2.47. The van der Waals surface area contributed by atoms with Gasteiger partial charge in [-0.25, -0.2) is 4.79 Å². The van der Waals surface area contributed by atoms with Crippen LogP contribution in [0.15, 0.2) is 30.3 Å². The van der Waals surface area contributed by atoms with Crippen LogP contribution in [-0.2, 0) is 14.3 Å². The van der Waals surface area contributed by atoms with E-state index in [4.69, 9.17) is 14.2 Å². The molecule has 0 bridgehead atoms. The molecule has 0 saturated carbocycles. The average Bonchev–Trinajstić information content (AvgIpc) is 3.01. The van der Waals surface area contributed by atoms with Crippen LogP contribution in [0.1, 0.15) is 20.7 Å². The molecule has 2 aromatic carbocycles. The van der Waals surface area contributed by atoms with Gasteiger partial charge in [-0.05, 0) is 24.3 Å². The third-order valence-corrected chi connectivity index (χ3v) is 4.66. The Morgan fingerprint density at radius 2 is 1.58 bits per heavy atom. The molecule has 0 unspecified atom stereocenters. The lowest BCUT2D eigenvalue weighted by molar-refractivity contribution is -0.118. The maximum Gasteiger partial charge on any atom is 0.337 e. The summed E-state index contributed by atoms with van der Waals surface area (Å²) in [5, 5.41) is 2.62. The summed E-state index contributed by atoms with van der Waals surface area (Å²) < 4.78 is 20.4. The molecule has 0 saturated heterocycles. The monoisotopic (exact) mass is 428 g/mol. The fourth-order valence-electron chi connectivity index (χ4n) is 3.22. The van der Waals surface area contributed by atoms with Crippen molar-refractivity contribution in [2.75, 3.05) is 45.2 Å². The zero-order valence-corrected chi connectivity index (χ0v) is 17.3. The topological polar surface area (TPSA) is 120 Å². The summed E-state index contributed by atoms with van der Waals surface area (Å²) in [6.45, 7) is -0.422. The van der Waals surface area contributed by atoms with Gasteiger partial charge in [0.25, 0.3) is 11.7 Å². The summed E-state index contributed by atoms with van der Waals surface area (Å²) in [4.78, 5) is 50.2. The number of nitrogens with zero attached hydrogens (tertiary/aromatic N) is 1. The first kappa shape index (κ1) is 21.6. The van der Waals surface area contributed by atoms with Crippen LogP contribution in [0.2, 0.25) is 0 Å². The summed E-state index contributed by atoms with van der Waals surface area (Å²) in [7, 11) is 5.38. The highest BCUT2D eigenvalue weighted by molar-refractivity contribution is 6.53. The van der Waals surface area contributed by atoms with E-state index in [0.29, 0.717) is 11.3 Å². The van der Waals surface area contributed by atoms with Crippen LogP contribution in [0.3, 0.4) is 0 Å². The Morgan fingerprint density at radius 1 is 0.935 bits per heavy atom. The van der Waals surface area contributed by atoms with Gasteiger partial charge in [-0.15, -0.1) is 0 Å². The number of benzene rings is 2. The number of carbonyl (C=O) groups excluding carboxylic acids is 4. The molecule has 1 heterocycles. The van der Waals surface area contributed by atoms with Crippen molar-refractivity contribution in [1.82, 2.24) is 0 Å². The van der Waals surface area contributed by atoms with E-state index in [2.05, 4.69) is 10.1 Å². The van der Waals surface area contributed by atoms with E-state index in [1.54, 1.807) is 0 Å². The molecule has 0 aromatic heterocycles. The van der Waals surface area contributed by atoms with Crippen LogP contribution in [0, 0.1) is 0 Å². The normalized spacial score (nSPS) is 12.3. The van der Waals surface area contributed by atoms with Gasteiger partial charge in [0, 0.05) is 11.8 Å². The minimum absolute atomic E-state index is 0.000353. The van der Waals surface area contributed by atoms with E-state index in [-0.39, 0.29) is 28.5 Å². The fourth-order valence-corrected chi connectivity index (χ4v) is 3.22. The molecule has 1 N–H and O–H groups in total. The third-order valence-electron chi connectivity index (χ3n) is 4.66. The SMILES string of the molecule is COC(=O)c1ccc(NC(=O)CN2C(=O)C(=O)c3c2cc(OC)c(OC)c3OC)cc1. The fraction of sp³-hybridized carbons (Fsp3) is 0.238. The Kier molecular flexibility index (Phi) is 6.10. The Labute approximate surface area is 177 Å². The van der Waals surface area contributed by atoms with Gasteiger partial charge >= 0.3 is 5.97 Å². The summed E-state index contributed by atoms with van der Waals surface area (Å²) in [6, 6.07) is 7.46. The number of esters is 1. The molecule has 0 fully saturated rings. The molecule has 1 aliphatic rings. The molecule has 0 aliphatic carbocycles. The standard InChI is InChI=1S/C21H20N2O8/c1-28-14-9-13-16(19(30-3)18(14)29-2)17(25)20(26)23(13)10-15(24)22-12-7-5-11(6-8-12)21(27)31-4/h5-9H,10H2,1-4H3,(H,22,24). The minimum atomic E-state index is -0.875. The van der Waals surface area contributed by atoms with E-state index in [0.717, 1.165) is 4.90 Å². The lowest BCUT2D eigenvalue weighted by Crippen LogP contribution is -2.37. The van der Waals surface area contributed by atoms with Crippen molar-refractivity contribution >= 4 is 34.9 Å². The number of nitrogens with one attached hydrogen (secondary N) is 1. The Morgan fingerprint density at radius 3 is 2.13 bits per heavy atom. The van der Waals surface area contributed by atoms with Gasteiger partial charge < -0.3 is 24.3 Å². The maximum absolute atomic E-state index is 12.6. The molecule has 162 valence electrons. The van der Waals surface area contributed by atoms with E-state index in [1.165, 1.54) is 58.8 Å². The number of methoxy groups -OCH3 is 4. The average molecular weight is 428 g/mol. The largest absolute Gasteiger partial charge is 0.493 e. The number of rotatable bonds is 7. The molecular formula is C21H20N2O8. The van der Waals surface area contributed by atoms with Crippen LogP contribution >= 0.6 is 0 Å². The first-order valence-electron chi connectivity index (χ1n) is 9.03. The van der Waals surface area contributed by atoms with Gasteiger partial charge in [-0.3, -0.25) is 19.3 Å². The van der Waals surface area contributed by atoms with Crippen LogP contribution in [-0.4, -0.2) is 58.6 Å². The van der Waals surface area contributed by atoms with Gasteiger partial charge in [0.15, 0.2) is 11.5 Å². The number of amides is 2.